The molecule has 0 unspecified atom stereocenters. The molecule has 14 heavy (non-hydrogen) atoms. The molecule has 0 saturated heterocycles. The maximum absolute atomic E-state index is 12.9. The standard InChI is InChI=1S/C11H11FO2/c1-7(6-11(13)14)9-3-4-10(12)8(2)5-9/h3-5H,1,6H2,2H3,(H,13,14). The van der Waals surface area contributed by atoms with E-state index >= 15 is 0 Å². The number of aryl methyl sites for hydroxylation is 1. The molecule has 0 atom stereocenters. The first kappa shape index (κ1) is 10.4. The molecule has 0 aliphatic carbocycles. The van der Waals surface area contributed by atoms with E-state index in [0.717, 1.165) is 0 Å². The van der Waals surface area contributed by atoms with Crippen molar-refractivity contribution in [2.75, 3.05) is 0 Å². The minimum Gasteiger partial charge on any atom is -0.481 e. The van der Waals surface area contributed by atoms with Gasteiger partial charge in [0.25, 0.3) is 0 Å². The van der Waals surface area contributed by atoms with E-state index in [4.69, 9.17) is 5.11 Å². The summed E-state index contributed by atoms with van der Waals surface area (Å²) in [7, 11) is 0. The van der Waals surface area contributed by atoms with Gasteiger partial charge in [0, 0.05) is 0 Å². The number of benzene rings is 1. The Kier molecular flexibility index (Phi) is 3.02. The second-order valence-corrected chi connectivity index (χ2v) is 3.14. The highest BCUT2D eigenvalue weighted by molar-refractivity contribution is 5.83. The molecule has 1 aromatic rings. The van der Waals surface area contributed by atoms with E-state index in [9.17, 15) is 9.18 Å². The van der Waals surface area contributed by atoms with Gasteiger partial charge in [-0.2, -0.15) is 0 Å². The van der Waals surface area contributed by atoms with Gasteiger partial charge in [-0.3, -0.25) is 4.79 Å². The Morgan fingerprint density at radius 3 is 2.71 bits per heavy atom. The number of carbonyl (C=O) groups is 1. The summed E-state index contributed by atoms with van der Waals surface area (Å²) in [4.78, 5) is 10.4. The van der Waals surface area contributed by atoms with Gasteiger partial charge in [-0.05, 0) is 35.8 Å². The van der Waals surface area contributed by atoms with Crippen molar-refractivity contribution >= 4 is 11.5 Å². The third-order valence-electron chi connectivity index (χ3n) is 1.93. The summed E-state index contributed by atoms with van der Waals surface area (Å²) in [5, 5.41) is 8.53. The molecule has 0 aliphatic rings. The zero-order valence-corrected chi connectivity index (χ0v) is 7.88. The average molecular weight is 194 g/mol. The normalized spacial score (nSPS) is 9.86. The third-order valence-corrected chi connectivity index (χ3v) is 1.93. The number of halogens is 1. The molecule has 0 aliphatic heterocycles. The fraction of sp³-hybridized carbons (Fsp3) is 0.182. The zero-order valence-electron chi connectivity index (χ0n) is 7.88. The largest absolute Gasteiger partial charge is 0.481 e. The SMILES string of the molecule is C=C(CC(=O)O)c1ccc(F)c(C)c1. The summed E-state index contributed by atoms with van der Waals surface area (Å²) < 4.78 is 12.9. The molecule has 0 fully saturated rings. The lowest BCUT2D eigenvalue weighted by Crippen LogP contribution is -1.96. The molecule has 0 radical (unpaired) electrons. The van der Waals surface area contributed by atoms with E-state index < -0.39 is 5.97 Å². The lowest BCUT2D eigenvalue weighted by molar-refractivity contribution is -0.135. The Bertz CT molecular complexity index is 383. The number of carboxylic acids is 1. The quantitative estimate of drug-likeness (QED) is 0.803. The van der Waals surface area contributed by atoms with Crippen molar-refractivity contribution in [1.29, 1.82) is 0 Å². The van der Waals surface area contributed by atoms with Crippen LogP contribution >= 0.6 is 0 Å². The highest BCUT2D eigenvalue weighted by Crippen LogP contribution is 2.18. The number of hydrogen-bond acceptors (Lipinski definition) is 1. The predicted octanol–water partition coefficient (Wildman–Crippen LogP) is 2.62. The van der Waals surface area contributed by atoms with Crippen LogP contribution in [0.25, 0.3) is 5.57 Å². The zero-order chi connectivity index (χ0) is 10.7. The molecule has 0 amide bonds. The predicted molar refractivity (Wildman–Crippen MR) is 52.4 cm³/mol. The molecule has 74 valence electrons. The van der Waals surface area contributed by atoms with Crippen LogP contribution in [0.5, 0.6) is 0 Å². The van der Waals surface area contributed by atoms with Crippen LogP contribution in [0.2, 0.25) is 0 Å². The molecule has 0 bridgehead atoms. The first-order valence-electron chi connectivity index (χ1n) is 4.17. The molecule has 3 heteroatoms. The van der Waals surface area contributed by atoms with Crippen LogP contribution < -0.4 is 0 Å². The molecule has 0 saturated carbocycles. The average Bonchev–Trinajstić information content (AvgIpc) is 2.08. The Labute approximate surface area is 81.7 Å². The van der Waals surface area contributed by atoms with Crippen LogP contribution in [0.1, 0.15) is 17.5 Å². The smallest absolute Gasteiger partial charge is 0.307 e. The molecule has 0 heterocycles. The Morgan fingerprint density at radius 1 is 1.57 bits per heavy atom. The van der Waals surface area contributed by atoms with Gasteiger partial charge in [0.15, 0.2) is 0 Å². The molecule has 1 N–H and O–H groups in total. The Morgan fingerprint density at radius 2 is 2.21 bits per heavy atom. The second-order valence-electron chi connectivity index (χ2n) is 3.14. The monoisotopic (exact) mass is 194 g/mol. The minimum absolute atomic E-state index is 0.120. The van der Waals surface area contributed by atoms with Crippen molar-refractivity contribution < 1.29 is 14.3 Å². The first-order valence-corrected chi connectivity index (χ1v) is 4.17. The maximum atomic E-state index is 12.9. The number of hydrogen-bond donors (Lipinski definition) is 1. The molecular formula is C11H11FO2. The van der Waals surface area contributed by atoms with Gasteiger partial charge >= 0.3 is 5.97 Å². The van der Waals surface area contributed by atoms with Crippen molar-refractivity contribution in [3.8, 4) is 0 Å². The number of aliphatic carboxylic acids is 1. The summed E-state index contributed by atoms with van der Waals surface area (Å²) >= 11 is 0. The molecule has 0 aromatic heterocycles. The summed E-state index contributed by atoms with van der Waals surface area (Å²) in [5.41, 5.74) is 1.65. The number of rotatable bonds is 3. The topological polar surface area (TPSA) is 37.3 Å². The van der Waals surface area contributed by atoms with E-state index in [1.54, 1.807) is 13.0 Å². The highest BCUT2D eigenvalue weighted by atomic mass is 19.1. The van der Waals surface area contributed by atoms with Crippen LogP contribution in [0.3, 0.4) is 0 Å². The molecule has 1 rings (SSSR count). The third kappa shape index (κ3) is 2.42. The van der Waals surface area contributed by atoms with Crippen LogP contribution in [-0.4, -0.2) is 11.1 Å². The molecule has 1 aromatic carbocycles. The van der Waals surface area contributed by atoms with Crippen molar-refractivity contribution in [2.24, 2.45) is 0 Å². The van der Waals surface area contributed by atoms with Crippen LogP contribution in [0.15, 0.2) is 24.8 Å². The maximum Gasteiger partial charge on any atom is 0.307 e. The first-order chi connectivity index (χ1) is 6.50. The van der Waals surface area contributed by atoms with Crippen LogP contribution in [0.4, 0.5) is 4.39 Å². The van der Waals surface area contributed by atoms with Crippen molar-refractivity contribution in [2.45, 2.75) is 13.3 Å². The van der Waals surface area contributed by atoms with Crippen molar-refractivity contribution in [3.63, 3.8) is 0 Å². The Hall–Kier alpha value is -1.64. The fourth-order valence-electron chi connectivity index (χ4n) is 1.15. The van der Waals surface area contributed by atoms with E-state index in [2.05, 4.69) is 6.58 Å². The van der Waals surface area contributed by atoms with Crippen LogP contribution in [-0.2, 0) is 4.79 Å². The van der Waals surface area contributed by atoms with E-state index in [-0.39, 0.29) is 12.2 Å². The summed E-state index contributed by atoms with van der Waals surface area (Å²) in [5.74, 6) is -1.23. The van der Waals surface area contributed by atoms with Gasteiger partial charge in [-0.25, -0.2) is 4.39 Å². The second kappa shape index (κ2) is 4.05. The van der Waals surface area contributed by atoms with Gasteiger partial charge in [-0.15, -0.1) is 0 Å². The number of carboxylic acid groups (broad SMARTS) is 1. The van der Waals surface area contributed by atoms with Gasteiger partial charge in [0.1, 0.15) is 5.82 Å². The van der Waals surface area contributed by atoms with Gasteiger partial charge in [-0.1, -0.05) is 12.6 Å². The molecule has 2 nitrogen and oxygen atoms in total. The van der Waals surface area contributed by atoms with Crippen molar-refractivity contribution in [1.82, 2.24) is 0 Å². The van der Waals surface area contributed by atoms with Gasteiger partial charge in [0.2, 0.25) is 0 Å². The van der Waals surface area contributed by atoms with Gasteiger partial charge in [0.05, 0.1) is 6.42 Å². The molecular weight excluding hydrogens is 183 g/mol. The van der Waals surface area contributed by atoms with Crippen LogP contribution in [0, 0.1) is 12.7 Å². The van der Waals surface area contributed by atoms with E-state index in [1.807, 2.05) is 0 Å². The van der Waals surface area contributed by atoms with Crippen molar-refractivity contribution in [3.05, 3.63) is 41.7 Å². The lowest BCUT2D eigenvalue weighted by atomic mass is 10.0. The van der Waals surface area contributed by atoms with E-state index in [1.165, 1.54) is 12.1 Å². The van der Waals surface area contributed by atoms with Gasteiger partial charge < -0.3 is 5.11 Å². The summed E-state index contributed by atoms with van der Waals surface area (Å²) in [6.45, 7) is 5.26. The lowest BCUT2D eigenvalue weighted by Gasteiger charge is -2.04. The Balaban J connectivity index is 2.91. The summed E-state index contributed by atoms with van der Waals surface area (Å²) in [6.07, 6.45) is -0.120. The molecule has 0 spiro atoms. The summed E-state index contributed by atoms with van der Waals surface area (Å²) in [6, 6.07) is 4.45. The highest BCUT2D eigenvalue weighted by Gasteiger charge is 2.05. The van der Waals surface area contributed by atoms with E-state index in [0.29, 0.717) is 16.7 Å². The fourth-order valence-corrected chi connectivity index (χ4v) is 1.15. The minimum atomic E-state index is -0.933.